The highest BCUT2D eigenvalue weighted by atomic mass is 19.3. The van der Waals surface area contributed by atoms with E-state index in [-0.39, 0.29) is 65.9 Å². The second-order valence-electron chi connectivity index (χ2n) is 11.9. The molecule has 1 saturated carbocycles. The van der Waals surface area contributed by atoms with Gasteiger partial charge in [-0.1, -0.05) is 12.0 Å². The largest absolute Gasteiger partial charge is 0.463 e. The number of fused-ring (bicyclic) bond motifs is 3. The Balaban J connectivity index is 1.38. The number of benzene rings is 2. The zero-order chi connectivity index (χ0) is 30.7. The molecule has 3 fully saturated rings. The number of pyridine rings is 1. The van der Waals surface area contributed by atoms with Crippen LogP contribution < -0.4 is 15.4 Å². The Hall–Kier alpha value is -4.21. The average Bonchev–Trinajstić information content (AvgIpc) is 3.78. The minimum Gasteiger partial charge on any atom is -0.463 e. The lowest BCUT2D eigenvalue weighted by Gasteiger charge is -2.36. The van der Waals surface area contributed by atoms with Crippen LogP contribution in [0.3, 0.4) is 0 Å². The van der Waals surface area contributed by atoms with E-state index in [4.69, 9.17) is 21.6 Å². The molecule has 12 heteroatoms. The molecule has 2 aromatic heterocycles. The van der Waals surface area contributed by atoms with Crippen molar-refractivity contribution in [2.45, 2.75) is 24.8 Å². The Morgan fingerprint density at radius 1 is 1.20 bits per heavy atom. The molecular weight excluding hydrogens is 576 g/mol. The highest BCUT2D eigenvalue weighted by Crippen LogP contribution is 2.43. The molecule has 2 aromatic carbocycles. The first-order valence-corrected chi connectivity index (χ1v) is 14.5. The molecule has 0 radical (unpaired) electrons. The van der Waals surface area contributed by atoms with Crippen LogP contribution in [0.5, 0.6) is 6.01 Å². The number of ether oxygens (including phenoxy) is 2. The van der Waals surface area contributed by atoms with E-state index < -0.39 is 23.5 Å². The summed E-state index contributed by atoms with van der Waals surface area (Å²) in [5.41, 5.74) is 6.35. The molecule has 2 aliphatic heterocycles. The number of anilines is 2. The third-order valence-corrected chi connectivity index (χ3v) is 8.87. The van der Waals surface area contributed by atoms with Gasteiger partial charge < -0.3 is 25.0 Å². The second kappa shape index (κ2) is 10.7. The van der Waals surface area contributed by atoms with Gasteiger partial charge in [-0.3, -0.25) is 4.98 Å². The number of nitrogens with zero attached hydrogens (tertiary/aromatic N) is 5. The third kappa shape index (κ3) is 4.94. The number of hydrogen-bond acceptors (Lipinski definition) is 8. The van der Waals surface area contributed by atoms with Gasteiger partial charge in [-0.25, -0.2) is 17.6 Å². The molecule has 0 spiro atoms. The Bertz CT molecular complexity index is 1830. The van der Waals surface area contributed by atoms with Crippen molar-refractivity contribution in [3.8, 4) is 29.6 Å². The second-order valence-corrected chi connectivity index (χ2v) is 11.9. The normalized spacial score (nSPS) is 23.3. The smallest absolute Gasteiger partial charge is 0.319 e. The van der Waals surface area contributed by atoms with Crippen molar-refractivity contribution in [1.82, 2.24) is 19.9 Å². The molecule has 2 saturated heterocycles. The maximum atomic E-state index is 16.7. The number of rotatable bonds is 5. The summed E-state index contributed by atoms with van der Waals surface area (Å²) in [4.78, 5) is 17.3. The van der Waals surface area contributed by atoms with Gasteiger partial charge in [0.1, 0.15) is 29.5 Å². The summed E-state index contributed by atoms with van der Waals surface area (Å²) in [6, 6.07) is 5.77. The topological polar surface area (TPSA) is 89.6 Å². The van der Waals surface area contributed by atoms with Gasteiger partial charge >= 0.3 is 6.01 Å². The monoisotopic (exact) mass is 606 g/mol. The van der Waals surface area contributed by atoms with Crippen LogP contribution in [0.2, 0.25) is 0 Å². The molecular formula is C32H30F4N6O2. The van der Waals surface area contributed by atoms with E-state index in [9.17, 15) is 13.2 Å². The molecule has 7 rings (SSSR count). The van der Waals surface area contributed by atoms with Crippen molar-refractivity contribution in [1.29, 1.82) is 0 Å². The number of alkyl halides is 2. The number of piperidine rings is 1. The van der Waals surface area contributed by atoms with E-state index in [2.05, 4.69) is 20.9 Å². The number of nitrogens with two attached hydrogens (primary N) is 1. The fraction of sp³-hybridized carbons (Fsp3) is 0.406. The molecule has 44 heavy (non-hydrogen) atoms. The van der Waals surface area contributed by atoms with Gasteiger partial charge in [0, 0.05) is 60.8 Å². The van der Waals surface area contributed by atoms with Crippen LogP contribution in [0.4, 0.5) is 29.1 Å². The Morgan fingerprint density at radius 3 is 2.86 bits per heavy atom. The van der Waals surface area contributed by atoms with Gasteiger partial charge in [0.25, 0.3) is 5.92 Å². The number of aromatic nitrogens is 3. The number of hydrogen-bond donors (Lipinski definition) is 1. The number of halogens is 4. The van der Waals surface area contributed by atoms with Crippen LogP contribution in [-0.2, 0) is 4.74 Å². The first kappa shape index (κ1) is 28.6. The third-order valence-electron chi connectivity index (χ3n) is 8.87. The van der Waals surface area contributed by atoms with Gasteiger partial charge in [-0.15, -0.1) is 6.42 Å². The molecule has 0 amide bonds. The molecule has 4 aromatic rings. The van der Waals surface area contributed by atoms with Crippen molar-refractivity contribution in [2.24, 2.45) is 11.8 Å². The van der Waals surface area contributed by atoms with Crippen molar-refractivity contribution in [2.75, 3.05) is 57.1 Å². The summed E-state index contributed by atoms with van der Waals surface area (Å²) in [5.74, 6) is -2.41. The Morgan fingerprint density at radius 2 is 2.05 bits per heavy atom. The van der Waals surface area contributed by atoms with Crippen LogP contribution in [0.15, 0.2) is 30.5 Å². The van der Waals surface area contributed by atoms with E-state index in [0.717, 1.165) is 6.42 Å². The molecule has 8 nitrogen and oxygen atoms in total. The zero-order valence-electron chi connectivity index (χ0n) is 24.0. The molecule has 1 aliphatic carbocycles. The first-order chi connectivity index (χ1) is 21.1. The molecule has 228 valence electrons. The summed E-state index contributed by atoms with van der Waals surface area (Å²) >= 11 is 0. The van der Waals surface area contributed by atoms with Crippen LogP contribution in [0.1, 0.15) is 18.4 Å². The lowest BCUT2D eigenvalue weighted by molar-refractivity contribution is -0.113. The van der Waals surface area contributed by atoms with E-state index in [1.165, 1.54) is 24.4 Å². The number of likely N-dealkylation sites (tertiary alicyclic amines) is 1. The minimum atomic E-state index is -2.92. The molecule has 3 atom stereocenters. The van der Waals surface area contributed by atoms with Gasteiger partial charge in [0.05, 0.1) is 30.1 Å². The summed E-state index contributed by atoms with van der Waals surface area (Å²) in [6.07, 6.45) is 7.72. The van der Waals surface area contributed by atoms with Crippen molar-refractivity contribution in [3.05, 3.63) is 47.7 Å². The molecule has 0 bridgehead atoms. The summed E-state index contributed by atoms with van der Waals surface area (Å²) in [6.45, 7) is 1.63. The fourth-order valence-corrected chi connectivity index (χ4v) is 6.40. The van der Waals surface area contributed by atoms with E-state index >= 15 is 4.39 Å². The maximum absolute atomic E-state index is 16.7. The first-order valence-electron chi connectivity index (χ1n) is 14.5. The van der Waals surface area contributed by atoms with Gasteiger partial charge in [-0.2, -0.15) is 9.97 Å². The van der Waals surface area contributed by atoms with E-state index in [0.29, 0.717) is 48.0 Å². The van der Waals surface area contributed by atoms with Crippen molar-refractivity contribution in [3.63, 3.8) is 0 Å². The van der Waals surface area contributed by atoms with Crippen molar-refractivity contribution < 1.29 is 27.0 Å². The van der Waals surface area contributed by atoms with E-state index in [1.807, 2.05) is 9.80 Å². The summed E-state index contributed by atoms with van der Waals surface area (Å²) in [7, 11) is 1.78. The van der Waals surface area contributed by atoms with Crippen LogP contribution in [0, 0.1) is 35.8 Å². The average molecular weight is 607 g/mol. The zero-order valence-corrected chi connectivity index (χ0v) is 24.0. The lowest BCUT2D eigenvalue weighted by Crippen LogP contribution is -2.47. The summed E-state index contributed by atoms with van der Waals surface area (Å²) in [5, 5.41) is 1.13. The molecule has 4 heterocycles. The minimum absolute atomic E-state index is 0.0473. The van der Waals surface area contributed by atoms with Gasteiger partial charge in [0.15, 0.2) is 5.82 Å². The predicted molar refractivity (Wildman–Crippen MR) is 159 cm³/mol. The van der Waals surface area contributed by atoms with Gasteiger partial charge in [0.2, 0.25) is 0 Å². The predicted octanol–water partition coefficient (Wildman–Crippen LogP) is 4.88. The highest BCUT2D eigenvalue weighted by Gasteiger charge is 2.45. The van der Waals surface area contributed by atoms with E-state index in [1.54, 1.807) is 13.1 Å². The van der Waals surface area contributed by atoms with Crippen LogP contribution in [-0.4, -0.2) is 78.3 Å². The maximum Gasteiger partial charge on any atom is 0.319 e. The standard InChI is InChI=1S/C32H30F4N6O2/c1-3-21-24(33)5-4-17-10-20(37)12-22(26(17)21)28-27(34)29-23(13-38-28)30(42-8-9-43-15-18-11-25(18)42)40-31(39-29)44-16-19-14-41(2)7-6-32(19,35)36/h1,4-5,10,12-13,18-19,25H,6-9,11,14-16,37H2,2H3/t18-,19+,25-/m1/s1. The molecule has 3 aliphatic rings. The van der Waals surface area contributed by atoms with Gasteiger partial charge in [-0.05, 0) is 37.1 Å². The number of terminal acetylenes is 1. The SMILES string of the molecule is C#Cc1c(F)ccc2cc(N)cc(-c3ncc4c(N5CCOC[C@H]6C[C@H]65)nc(OC[C@@H]5CN(C)CCC5(F)F)nc4c3F)c12. The van der Waals surface area contributed by atoms with Crippen LogP contribution >= 0.6 is 0 Å². The fourth-order valence-electron chi connectivity index (χ4n) is 6.40. The molecule has 2 N–H and O–H groups in total. The molecule has 0 unspecified atom stereocenters. The lowest BCUT2D eigenvalue weighted by atomic mass is 9.95. The highest BCUT2D eigenvalue weighted by molar-refractivity contribution is 6.03. The Labute approximate surface area is 251 Å². The number of nitrogen functional groups attached to an aromatic ring is 1. The quantitative estimate of drug-likeness (QED) is 0.196. The Kier molecular flexibility index (Phi) is 6.98. The van der Waals surface area contributed by atoms with Crippen LogP contribution in [0.25, 0.3) is 32.9 Å². The van der Waals surface area contributed by atoms with Crippen molar-refractivity contribution >= 4 is 33.2 Å². The summed E-state index contributed by atoms with van der Waals surface area (Å²) < 4.78 is 72.5.